The molecule has 3 rings (SSSR count). The number of thiazole rings is 1. The van der Waals surface area contributed by atoms with Gasteiger partial charge in [-0.2, -0.15) is 0 Å². The van der Waals surface area contributed by atoms with Gasteiger partial charge in [-0.15, -0.1) is 11.3 Å². The number of hydrogen-bond donors (Lipinski definition) is 1. The number of nitrogens with zero attached hydrogens (tertiary/aromatic N) is 2. The van der Waals surface area contributed by atoms with Gasteiger partial charge < -0.3 is 9.88 Å². The second kappa shape index (κ2) is 6.96. The zero-order valence-electron chi connectivity index (χ0n) is 12.9. The van der Waals surface area contributed by atoms with E-state index in [1.165, 1.54) is 22.4 Å². The number of carbonyl (C=O) groups excluding carboxylic acids is 1. The summed E-state index contributed by atoms with van der Waals surface area (Å²) in [6.07, 6.45) is 1.54. The van der Waals surface area contributed by atoms with Crippen LogP contribution < -0.4 is 10.9 Å². The molecule has 1 aromatic carbocycles. The molecule has 3 aromatic rings. The van der Waals surface area contributed by atoms with Crippen LogP contribution in [0.15, 0.2) is 45.7 Å². The van der Waals surface area contributed by atoms with E-state index in [4.69, 9.17) is 11.6 Å². The smallest absolute Gasteiger partial charge is 0.269 e. The monoisotopic (exact) mass is 379 g/mol. The molecule has 0 aliphatic rings. The topological polar surface area (TPSA) is 64.0 Å². The minimum absolute atomic E-state index is 0.0711. The molecule has 8 heteroatoms. The Hall–Kier alpha value is -1.83. The van der Waals surface area contributed by atoms with Crippen LogP contribution in [0.5, 0.6) is 0 Å². The van der Waals surface area contributed by atoms with Crippen LogP contribution >= 0.6 is 34.7 Å². The number of para-hydroxylation sites is 1. The van der Waals surface area contributed by atoms with Crippen molar-refractivity contribution >= 4 is 56.5 Å². The van der Waals surface area contributed by atoms with Crippen molar-refractivity contribution in [2.24, 2.45) is 7.05 Å². The molecule has 1 unspecified atom stereocenters. The van der Waals surface area contributed by atoms with Crippen molar-refractivity contribution in [1.82, 2.24) is 9.55 Å². The first-order valence-electron chi connectivity index (χ1n) is 7.13. The highest BCUT2D eigenvalue weighted by Crippen LogP contribution is 2.32. The number of amides is 1. The lowest BCUT2D eigenvalue weighted by molar-refractivity contribution is -0.115. The van der Waals surface area contributed by atoms with Crippen LogP contribution in [0.1, 0.15) is 6.92 Å². The molecule has 0 saturated carbocycles. The highest BCUT2D eigenvalue weighted by Gasteiger charge is 2.17. The van der Waals surface area contributed by atoms with E-state index in [2.05, 4.69) is 10.3 Å². The molecule has 0 aliphatic carbocycles. The summed E-state index contributed by atoms with van der Waals surface area (Å²) in [5, 5.41) is 2.52. The molecule has 0 bridgehead atoms. The molecular weight excluding hydrogens is 366 g/mol. The molecular formula is C16H14ClN3O2S2. The van der Waals surface area contributed by atoms with Crippen molar-refractivity contribution in [3.63, 3.8) is 0 Å². The summed E-state index contributed by atoms with van der Waals surface area (Å²) in [4.78, 5) is 28.4. The van der Waals surface area contributed by atoms with E-state index in [0.717, 1.165) is 14.6 Å². The fraction of sp³-hybridized carbons (Fsp3) is 0.188. The Bertz CT molecular complexity index is 908. The summed E-state index contributed by atoms with van der Waals surface area (Å²) in [6, 6.07) is 9.32. The average molecular weight is 380 g/mol. The summed E-state index contributed by atoms with van der Waals surface area (Å²) in [7, 11) is 1.59. The van der Waals surface area contributed by atoms with E-state index >= 15 is 0 Å². The third-order valence-corrected chi connectivity index (χ3v) is 5.83. The first-order chi connectivity index (χ1) is 11.4. The van der Waals surface area contributed by atoms with Gasteiger partial charge in [-0.25, -0.2) is 4.98 Å². The number of fused-ring (bicyclic) bond motifs is 1. The number of carbonyl (C=O) groups is 1. The fourth-order valence-corrected chi connectivity index (χ4v) is 4.55. The van der Waals surface area contributed by atoms with Gasteiger partial charge in [-0.05, 0) is 25.1 Å². The largest absolute Gasteiger partial charge is 0.324 e. The van der Waals surface area contributed by atoms with Crippen LogP contribution in [-0.4, -0.2) is 20.7 Å². The Morgan fingerprint density at radius 2 is 2.17 bits per heavy atom. The molecule has 0 saturated heterocycles. The number of rotatable bonds is 4. The Morgan fingerprint density at radius 1 is 1.42 bits per heavy atom. The van der Waals surface area contributed by atoms with Crippen molar-refractivity contribution in [1.29, 1.82) is 0 Å². The Morgan fingerprint density at radius 3 is 2.88 bits per heavy atom. The number of hydrogen-bond acceptors (Lipinski definition) is 5. The highest BCUT2D eigenvalue weighted by atomic mass is 35.5. The molecule has 24 heavy (non-hydrogen) atoms. The Labute approximate surface area is 151 Å². The van der Waals surface area contributed by atoms with Gasteiger partial charge in [-0.3, -0.25) is 9.59 Å². The SMILES string of the molecule is CC(Sc1nc2ccccc2s1)C(=O)Nc1cc(Cl)c(=O)n(C)c1. The van der Waals surface area contributed by atoms with Gasteiger partial charge in [0.1, 0.15) is 5.02 Å². The van der Waals surface area contributed by atoms with Gasteiger partial charge in [0.05, 0.1) is 21.2 Å². The van der Waals surface area contributed by atoms with Gasteiger partial charge in [-0.1, -0.05) is 35.5 Å². The number of halogens is 1. The molecule has 0 aliphatic heterocycles. The van der Waals surface area contributed by atoms with Crippen molar-refractivity contribution < 1.29 is 4.79 Å². The minimum Gasteiger partial charge on any atom is -0.324 e. The first kappa shape index (κ1) is 17.0. The maximum absolute atomic E-state index is 12.4. The predicted molar refractivity (Wildman–Crippen MR) is 100 cm³/mol. The molecule has 5 nitrogen and oxygen atoms in total. The molecule has 1 amide bonds. The summed E-state index contributed by atoms with van der Waals surface area (Å²) < 4.78 is 3.28. The quantitative estimate of drug-likeness (QED) is 0.701. The zero-order chi connectivity index (χ0) is 17.3. The van der Waals surface area contributed by atoms with E-state index < -0.39 is 0 Å². The van der Waals surface area contributed by atoms with E-state index in [1.807, 2.05) is 31.2 Å². The Kier molecular flexibility index (Phi) is 4.93. The molecule has 0 fully saturated rings. The van der Waals surface area contributed by atoms with Crippen LogP contribution in [0, 0.1) is 0 Å². The zero-order valence-corrected chi connectivity index (χ0v) is 15.3. The number of aromatic nitrogens is 2. The molecule has 1 atom stereocenters. The molecule has 124 valence electrons. The van der Waals surface area contributed by atoms with E-state index in [0.29, 0.717) is 5.69 Å². The average Bonchev–Trinajstić information content (AvgIpc) is 2.94. The number of nitrogens with one attached hydrogen (secondary N) is 1. The van der Waals surface area contributed by atoms with Gasteiger partial charge in [0.2, 0.25) is 5.91 Å². The van der Waals surface area contributed by atoms with Crippen LogP contribution in [0.25, 0.3) is 10.2 Å². The van der Waals surface area contributed by atoms with E-state index in [1.54, 1.807) is 24.6 Å². The number of thioether (sulfide) groups is 1. The maximum atomic E-state index is 12.4. The lowest BCUT2D eigenvalue weighted by Crippen LogP contribution is -2.24. The maximum Gasteiger partial charge on any atom is 0.269 e. The van der Waals surface area contributed by atoms with E-state index in [-0.39, 0.29) is 21.7 Å². The first-order valence-corrected chi connectivity index (χ1v) is 9.21. The van der Waals surface area contributed by atoms with Crippen molar-refractivity contribution in [2.75, 3.05) is 5.32 Å². The normalized spacial score (nSPS) is 12.3. The second-order valence-corrected chi connectivity index (χ2v) is 8.22. The molecule has 2 aromatic heterocycles. The summed E-state index contributed by atoms with van der Waals surface area (Å²) in [5.74, 6) is -0.172. The fourth-order valence-electron chi connectivity index (χ4n) is 2.09. The lowest BCUT2D eigenvalue weighted by atomic mass is 10.3. The van der Waals surface area contributed by atoms with Gasteiger partial charge in [0.25, 0.3) is 5.56 Å². The van der Waals surface area contributed by atoms with Crippen LogP contribution in [0.4, 0.5) is 5.69 Å². The van der Waals surface area contributed by atoms with Crippen LogP contribution in [0.2, 0.25) is 5.02 Å². The van der Waals surface area contributed by atoms with Gasteiger partial charge in [0, 0.05) is 13.2 Å². The lowest BCUT2D eigenvalue weighted by Gasteiger charge is -2.11. The summed E-state index contributed by atoms with van der Waals surface area (Å²) in [5.41, 5.74) is 1.12. The van der Waals surface area contributed by atoms with Crippen LogP contribution in [0.3, 0.4) is 0 Å². The number of anilines is 1. The van der Waals surface area contributed by atoms with Gasteiger partial charge >= 0.3 is 0 Å². The van der Waals surface area contributed by atoms with Crippen molar-refractivity contribution in [3.05, 3.63) is 51.9 Å². The number of benzene rings is 1. The van der Waals surface area contributed by atoms with E-state index in [9.17, 15) is 9.59 Å². The molecule has 0 spiro atoms. The predicted octanol–water partition coefficient (Wildman–Crippen LogP) is 3.77. The van der Waals surface area contributed by atoms with Crippen molar-refractivity contribution in [2.45, 2.75) is 16.5 Å². The Balaban J connectivity index is 1.71. The van der Waals surface area contributed by atoms with Crippen LogP contribution in [-0.2, 0) is 11.8 Å². The standard InChI is InChI=1S/C16H14ClN3O2S2/c1-9(23-16-19-12-5-3-4-6-13(12)24-16)14(21)18-10-7-11(17)15(22)20(2)8-10/h3-9H,1-2H3,(H,18,21). The number of pyridine rings is 1. The number of aryl methyl sites for hydroxylation is 1. The third-order valence-electron chi connectivity index (χ3n) is 3.33. The third kappa shape index (κ3) is 3.63. The summed E-state index contributed by atoms with van der Waals surface area (Å²) in [6.45, 7) is 1.82. The molecule has 0 radical (unpaired) electrons. The summed E-state index contributed by atoms with van der Waals surface area (Å²) >= 11 is 8.82. The molecule has 2 heterocycles. The highest BCUT2D eigenvalue weighted by molar-refractivity contribution is 8.02. The molecule has 1 N–H and O–H groups in total. The second-order valence-electron chi connectivity index (χ2n) is 5.19. The minimum atomic E-state index is -0.332. The van der Waals surface area contributed by atoms with Gasteiger partial charge in [0.15, 0.2) is 4.34 Å². The van der Waals surface area contributed by atoms with Crippen molar-refractivity contribution in [3.8, 4) is 0 Å².